The fourth-order valence-electron chi connectivity index (χ4n) is 2.77. The molecule has 0 radical (unpaired) electrons. The average molecular weight is 486 g/mol. The first-order chi connectivity index (χ1) is 12.0. The van der Waals surface area contributed by atoms with Crippen LogP contribution in [0.4, 0.5) is 11.4 Å². The van der Waals surface area contributed by atoms with E-state index in [1.807, 2.05) is 30.3 Å². The minimum absolute atomic E-state index is 0.240. The summed E-state index contributed by atoms with van der Waals surface area (Å²) in [5.41, 5.74) is 2.36. The zero-order valence-electron chi connectivity index (χ0n) is 13.4. The molecular weight excluding hydrogens is 469 g/mol. The highest BCUT2D eigenvalue weighted by Gasteiger charge is 2.15. The van der Waals surface area contributed by atoms with Crippen LogP contribution in [0.2, 0.25) is 5.02 Å². The van der Waals surface area contributed by atoms with Crippen molar-refractivity contribution in [3.05, 3.63) is 56.6 Å². The Morgan fingerprint density at radius 1 is 1.16 bits per heavy atom. The molecule has 7 heteroatoms. The predicted molar refractivity (Wildman–Crippen MR) is 116 cm³/mol. The second-order valence-electron chi connectivity index (χ2n) is 5.78. The number of carbonyl (C=O) groups excluding carboxylic acids is 1. The summed E-state index contributed by atoms with van der Waals surface area (Å²) in [4.78, 5) is 14.5. The Labute approximate surface area is 171 Å². The SMILES string of the molecule is O=C(NC(=S)Nc1ccc(N2CCCC2)c(Cl)c1)c1cccc(I)c1. The van der Waals surface area contributed by atoms with E-state index in [4.69, 9.17) is 23.8 Å². The van der Waals surface area contributed by atoms with Gasteiger partial charge >= 0.3 is 0 Å². The molecule has 1 heterocycles. The van der Waals surface area contributed by atoms with Gasteiger partial charge in [-0.15, -0.1) is 0 Å². The van der Waals surface area contributed by atoms with E-state index in [0.29, 0.717) is 10.6 Å². The fraction of sp³-hybridized carbons (Fsp3) is 0.222. The average Bonchev–Trinajstić information content (AvgIpc) is 3.09. The molecule has 2 aromatic carbocycles. The van der Waals surface area contributed by atoms with Crippen molar-refractivity contribution < 1.29 is 4.79 Å². The predicted octanol–water partition coefficient (Wildman–Crippen LogP) is 4.67. The van der Waals surface area contributed by atoms with Crippen molar-refractivity contribution in [1.82, 2.24) is 5.32 Å². The number of benzene rings is 2. The normalized spacial score (nSPS) is 13.6. The van der Waals surface area contributed by atoms with E-state index >= 15 is 0 Å². The van der Waals surface area contributed by atoms with Gasteiger partial charge in [-0.05, 0) is 84.0 Å². The summed E-state index contributed by atoms with van der Waals surface area (Å²) in [7, 11) is 0. The van der Waals surface area contributed by atoms with Gasteiger partial charge in [0.2, 0.25) is 0 Å². The first kappa shape index (κ1) is 18.4. The molecule has 0 atom stereocenters. The van der Waals surface area contributed by atoms with Crippen LogP contribution in [0.3, 0.4) is 0 Å². The zero-order chi connectivity index (χ0) is 17.8. The molecule has 1 amide bonds. The fourth-order valence-corrected chi connectivity index (χ4v) is 3.82. The van der Waals surface area contributed by atoms with Gasteiger partial charge in [0.05, 0.1) is 10.7 Å². The van der Waals surface area contributed by atoms with Crippen LogP contribution in [-0.4, -0.2) is 24.1 Å². The minimum Gasteiger partial charge on any atom is -0.370 e. The number of rotatable bonds is 3. The van der Waals surface area contributed by atoms with Crippen LogP contribution in [0, 0.1) is 3.57 Å². The van der Waals surface area contributed by atoms with Gasteiger partial charge in [0, 0.05) is 27.9 Å². The monoisotopic (exact) mass is 485 g/mol. The van der Waals surface area contributed by atoms with Gasteiger partial charge in [-0.3, -0.25) is 10.1 Å². The Bertz CT molecular complexity index is 809. The van der Waals surface area contributed by atoms with Gasteiger partial charge < -0.3 is 10.2 Å². The Balaban J connectivity index is 1.62. The largest absolute Gasteiger partial charge is 0.370 e. The van der Waals surface area contributed by atoms with Gasteiger partial charge in [-0.25, -0.2) is 0 Å². The van der Waals surface area contributed by atoms with E-state index in [1.54, 1.807) is 12.1 Å². The number of halogens is 2. The lowest BCUT2D eigenvalue weighted by atomic mass is 10.2. The first-order valence-electron chi connectivity index (χ1n) is 7.95. The van der Waals surface area contributed by atoms with Gasteiger partial charge in [0.25, 0.3) is 5.91 Å². The van der Waals surface area contributed by atoms with Crippen molar-refractivity contribution in [2.45, 2.75) is 12.8 Å². The number of thiocarbonyl (C=S) groups is 1. The first-order valence-corrected chi connectivity index (χ1v) is 9.82. The van der Waals surface area contributed by atoms with Crippen molar-refractivity contribution >= 4 is 68.8 Å². The highest BCUT2D eigenvalue weighted by Crippen LogP contribution is 2.31. The van der Waals surface area contributed by atoms with Gasteiger partial charge in [0.1, 0.15) is 0 Å². The molecule has 4 nitrogen and oxygen atoms in total. The van der Waals surface area contributed by atoms with E-state index in [0.717, 1.165) is 28.0 Å². The van der Waals surface area contributed by atoms with Crippen LogP contribution in [-0.2, 0) is 0 Å². The van der Waals surface area contributed by atoms with E-state index in [2.05, 4.69) is 38.1 Å². The summed E-state index contributed by atoms with van der Waals surface area (Å²) in [6, 6.07) is 13.1. The molecule has 1 aliphatic heterocycles. The second kappa shape index (κ2) is 8.33. The number of nitrogens with zero attached hydrogens (tertiary/aromatic N) is 1. The van der Waals surface area contributed by atoms with E-state index < -0.39 is 0 Å². The molecular formula is C18H17ClIN3OS. The summed E-state index contributed by atoms with van der Waals surface area (Å²) in [6.07, 6.45) is 2.40. The Morgan fingerprint density at radius 2 is 1.92 bits per heavy atom. The topological polar surface area (TPSA) is 44.4 Å². The van der Waals surface area contributed by atoms with E-state index in [9.17, 15) is 4.79 Å². The third kappa shape index (κ3) is 4.83. The van der Waals surface area contributed by atoms with Crippen molar-refractivity contribution in [2.24, 2.45) is 0 Å². The van der Waals surface area contributed by atoms with Crippen LogP contribution in [0.25, 0.3) is 0 Å². The Kier molecular flexibility index (Phi) is 6.14. The molecule has 25 heavy (non-hydrogen) atoms. The zero-order valence-corrected chi connectivity index (χ0v) is 17.1. The van der Waals surface area contributed by atoms with Crippen LogP contribution < -0.4 is 15.5 Å². The molecule has 0 bridgehead atoms. The molecule has 0 spiro atoms. The van der Waals surface area contributed by atoms with Crippen molar-refractivity contribution in [2.75, 3.05) is 23.3 Å². The molecule has 2 N–H and O–H groups in total. The number of nitrogens with one attached hydrogen (secondary N) is 2. The van der Waals surface area contributed by atoms with Crippen molar-refractivity contribution in [3.63, 3.8) is 0 Å². The van der Waals surface area contributed by atoms with Crippen LogP contribution in [0.1, 0.15) is 23.2 Å². The number of anilines is 2. The molecule has 1 fully saturated rings. The highest BCUT2D eigenvalue weighted by atomic mass is 127. The summed E-state index contributed by atoms with van der Waals surface area (Å²) >= 11 is 13.8. The Hall–Kier alpha value is -1.38. The molecule has 1 saturated heterocycles. The molecule has 0 aliphatic carbocycles. The van der Waals surface area contributed by atoms with Crippen LogP contribution in [0.5, 0.6) is 0 Å². The van der Waals surface area contributed by atoms with Crippen LogP contribution in [0.15, 0.2) is 42.5 Å². The smallest absolute Gasteiger partial charge is 0.257 e. The highest BCUT2D eigenvalue weighted by molar-refractivity contribution is 14.1. The summed E-state index contributed by atoms with van der Waals surface area (Å²) in [5.74, 6) is -0.240. The maximum Gasteiger partial charge on any atom is 0.257 e. The van der Waals surface area contributed by atoms with Gasteiger partial charge in [-0.2, -0.15) is 0 Å². The maximum atomic E-state index is 12.2. The lowest BCUT2D eigenvalue weighted by Gasteiger charge is -2.20. The van der Waals surface area contributed by atoms with E-state index in [-0.39, 0.29) is 11.0 Å². The number of hydrogen-bond donors (Lipinski definition) is 2. The minimum atomic E-state index is -0.240. The van der Waals surface area contributed by atoms with Crippen molar-refractivity contribution in [3.8, 4) is 0 Å². The molecule has 1 aliphatic rings. The molecule has 0 saturated carbocycles. The lowest BCUT2D eigenvalue weighted by molar-refractivity contribution is 0.0977. The molecule has 2 aromatic rings. The summed E-state index contributed by atoms with van der Waals surface area (Å²) in [6.45, 7) is 2.08. The number of carbonyl (C=O) groups is 1. The van der Waals surface area contributed by atoms with Crippen molar-refractivity contribution in [1.29, 1.82) is 0 Å². The summed E-state index contributed by atoms with van der Waals surface area (Å²) in [5, 5.41) is 6.62. The third-order valence-corrected chi connectivity index (χ3v) is 5.14. The standard InChI is InChI=1S/C18H17ClIN3OS/c19-15-11-14(6-7-16(15)23-8-1-2-9-23)21-18(25)22-17(24)12-4-3-5-13(20)10-12/h3-7,10-11H,1-2,8-9H2,(H2,21,22,24,25). The second-order valence-corrected chi connectivity index (χ2v) is 7.84. The number of amides is 1. The molecule has 0 unspecified atom stereocenters. The Morgan fingerprint density at radius 3 is 2.60 bits per heavy atom. The van der Waals surface area contributed by atoms with Gasteiger partial charge in [-0.1, -0.05) is 17.7 Å². The molecule has 3 rings (SSSR count). The molecule has 130 valence electrons. The molecule has 0 aromatic heterocycles. The van der Waals surface area contributed by atoms with Crippen LogP contribution >= 0.6 is 46.4 Å². The number of hydrogen-bond acceptors (Lipinski definition) is 3. The summed E-state index contributed by atoms with van der Waals surface area (Å²) < 4.78 is 0.994. The third-order valence-electron chi connectivity index (χ3n) is 3.97. The van der Waals surface area contributed by atoms with E-state index in [1.165, 1.54) is 12.8 Å². The quantitative estimate of drug-likeness (QED) is 0.490. The lowest BCUT2D eigenvalue weighted by Crippen LogP contribution is -2.34. The maximum absolute atomic E-state index is 12.2. The van der Waals surface area contributed by atoms with Gasteiger partial charge in [0.15, 0.2) is 5.11 Å².